The summed E-state index contributed by atoms with van der Waals surface area (Å²) in [5.41, 5.74) is 3.37. The number of hydrogen-bond donors (Lipinski definition) is 1. The number of benzene rings is 2. The van der Waals surface area contributed by atoms with Crippen molar-refractivity contribution in [2.45, 2.75) is 39.7 Å². The molecule has 5 nitrogen and oxygen atoms in total. The Balaban J connectivity index is 1.97. The molecule has 0 aromatic heterocycles. The SMILES string of the molecule is Cc1cccc(N(CCCC(=O)N[C@@H](C)c2ccc(F)cc2)S(C)(=O)=O)c1C. The molecule has 2 rings (SSSR count). The highest BCUT2D eigenvalue weighted by atomic mass is 32.2. The lowest BCUT2D eigenvalue weighted by molar-refractivity contribution is -0.121. The topological polar surface area (TPSA) is 66.5 Å². The molecule has 152 valence electrons. The molecule has 0 saturated heterocycles. The Morgan fingerprint density at radius 3 is 2.39 bits per heavy atom. The number of halogens is 1. The zero-order valence-electron chi connectivity index (χ0n) is 16.7. The van der Waals surface area contributed by atoms with E-state index in [1.165, 1.54) is 22.7 Å². The Hall–Kier alpha value is -2.41. The van der Waals surface area contributed by atoms with Crippen molar-refractivity contribution in [3.8, 4) is 0 Å². The summed E-state index contributed by atoms with van der Waals surface area (Å²) in [6.45, 7) is 5.87. The fourth-order valence-corrected chi connectivity index (χ4v) is 4.02. The number of carbonyl (C=O) groups is 1. The first-order valence-corrected chi connectivity index (χ1v) is 11.0. The van der Waals surface area contributed by atoms with Crippen LogP contribution in [0.5, 0.6) is 0 Å². The summed E-state index contributed by atoms with van der Waals surface area (Å²) in [4.78, 5) is 12.2. The molecule has 28 heavy (non-hydrogen) atoms. The van der Waals surface area contributed by atoms with Crippen LogP contribution in [0.25, 0.3) is 0 Å². The highest BCUT2D eigenvalue weighted by Gasteiger charge is 2.20. The van der Waals surface area contributed by atoms with Gasteiger partial charge in [0.15, 0.2) is 0 Å². The summed E-state index contributed by atoms with van der Waals surface area (Å²) in [5, 5.41) is 2.86. The van der Waals surface area contributed by atoms with Crippen LogP contribution >= 0.6 is 0 Å². The lowest BCUT2D eigenvalue weighted by Gasteiger charge is -2.25. The van der Waals surface area contributed by atoms with Crippen LogP contribution in [0.2, 0.25) is 0 Å². The monoisotopic (exact) mass is 406 g/mol. The van der Waals surface area contributed by atoms with E-state index in [1.54, 1.807) is 18.2 Å². The smallest absolute Gasteiger partial charge is 0.232 e. The number of hydrogen-bond acceptors (Lipinski definition) is 3. The van der Waals surface area contributed by atoms with Crippen molar-refractivity contribution in [2.24, 2.45) is 0 Å². The van der Waals surface area contributed by atoms with Gasteiger partial charge in [-0.15, -0.1) is 0 Å². The first-order valence-electron chi connectivity index (χ1n) is 9.18. The minimum Gasteiger partial charge on any atom is -0.350 e. The quantitative estimate of drug-likeness (QED) is 0.724. The van der Waals surface area contributed by atoms with Crippen LogP contribution in [0.3, 0.4) is 0 Å². The van der Waals surface area contributed by atoms with E-state index in [1.807, 2.05) is 32.9 Å². The molecule has 0 aliphatic heterocycles. The number of nitrogens with zero attached hydrogens (tertiary/aromatic N) is 1. The standard InChI is InChI=1S/C21H27FN2O3S/c1-15-7-5-8-20(16(15)2)24(28(4,26)27)14-6-9-21(25)23-17(3)18-10-12-19(22)13-11-18/h5,7-8,10-13,17H,6,9,14H2,1-4H3,(H,23,25)/t17-/m0/s1. The van der Waals surface area contributed by atoms with Gasteiger partial charge in [0.1, 0.15) is 5.82 Å². The first-order chi connectivity index (χ1) is 13.1. The molecule has 0 spiro atoms. The van der Waals surface area contributed by atoms with Gasteiger partial charge in [-0.05, 0) is 62.1 Å². The van der Waals surface area contributed by atoms with E-state index in [0.29, 0.717) is 12.1 Å². The van der Waals surface area contributed by atoms with Gasteiger partial charge in [0, 0.05) is 13.0 Å². The van der Waals surface area contributed by atoms with Crippen molar-refractivity contribution in [3.05, 3.63) is 65.0 Å². The molecule has 0 saturated carbocycles. The van der Waals surface area contributed by atoms with Gasteiger partial charge in [0.25, 0.3) is 0 Å². The van der Waals surface area contributed by atoms with E-state index < -0.39 is 10.0 Å². The van der Waals surface area contributed by atoms with Gasteiger partial charge < -0.3 is 5.32 Å². The third kappa shape index (κ3) is 5.79. The van der Waals surface area contributed by atoms with Gasteiger partial charge in [-0.3, -0.25) is 9.10 Å². The Kier molecular flexibility index (Phi) is 7.18. The van der Waals surface area contributed by atoms with Crippen LogP contribution in [-0.2, 0) is 14.8 Å². The summed E-state index contributed by atoms with van der Waals surface area (Å²) in [7, 11) is -3.46. The van der Waals surface area contributed by atoms with Gasteiger partial charge in [0.2, 0.25) is 15.9 Å². The van der Waals surface area contributed by atoms with Crippen LogP contribution in [0.1, 0.15) is 42.5 Å². The second kappa shape index (κ2) is 9.19. The first kappa shape index (κ1) is 21.9. The normalized spacial score (nSPS) is 12.5. The lowest BCUT2D eigenvalue weighted by Crippen LogP contribution is -2.33. The predicted molar refractivity (Wildman–Crippen MR) is 110 cm³/mol. The Morgan fingerprint density at radius 1 is 1.14 bits per heavy atom. The van der Waals surface area contributed by atoms with Crippen LogP contribution in [0.4, 0.5) is 10.1 Å². The van der Waals surface area contributed by atoms with Crippen molar-refractivity contribution in [1.82, 2.24) is 5.32 Å². The molecule has 1 amide bonds. The molecule has 2 aromatic carbocycles. The number of rotatable bonds is 8. The second-order valence-corrected chi connectivity index (χ2v) is 8.91. The summed E-state index contributed by atoms with van der Waals surface area (Å²) in [6, 6.07) is 11.3. The van der Waals surface area contributed by atoms with Gasteiger partial charge in [-0.1, -0.05) is 24.3 Å². The number of nitrogens with one attached hydrogen (secondary N) is 1. The van der Waals surface area contributed by atoms with Gasteiger partial charge >= 0.3 is 0 Å². The highest BCUT2D eigenvalue weighted by Crippen LogP contribution is 2.25. The summed E-state index contributed by atoms with van der Waals surface area (Å²) in [6.07, 6.45) is 1.76. The molecule has 0 fully saturated rings. The zero-order chi connectivity index (χ0) is 20.9. The number of sulfonamides is 1. The largest absolute Gasteiger partial charge is 0.350 e. The van der Waals surface area contributed by atoms with Crippen molar-refractivity contribution in [3.63, 3.8) is 0 Å². The van der Waals surface area contributed by atoms with Gasteiger partial charge in [-0.2, -0.15) is 0 Å². The molecule has 0 aliphatic carbocycles. The third-order valence-electron chi connectivity index (χ3n) is 4.76. The lowest BCUT2D eigenvalue weighted by atomic mass is 10.1. The Labute approximate surface area is 166 Å². The molecule has 7 heteroatoms. The summed E-state index contributed by atoms with van der Waals surface area (Å²) >= 11 is 0. The van der Waals surface area contributed by atoms with E-state index in [2.05, 4.69) is 5.32 Å². The second-order valence-electron chi connectivity index (χ2n) is 7.00. The molecule has 0 unspecified atom stereocenters. The predicted octanol–water partition coefficient (Wildman–Crippen LogP) is 3.87. The molecule has 0 radical (unpaired) electrons. The maximum Gasteiger partial charge on any atom is 0.232 e. The van der Waals surface area contributed by atoms with Crippen molar-refractivity contribution < 1.29 is 17.6 Å². The molecular weight excluding hydrogens is 379 g/mol. The van der Waals surface area contributed by atoms with Crippen LogP contribution in [-0.4, -0.2) is 27.1 Å². The summed E-state index contributed by atoms with van der Waals surface area (Å²) < 4.78 is 38.9. The van der Waals surface area contributed by atoms with Crippen molar-refractivity contribution >= 4 is 21.6 Å². The molecule has 0 aliphatic rings. The molecule has 1 atom stereocenters. The van der Waals surface area contributed by atoms with Crippen LogP contribution < -0.4 is 9.62 Å². The Bertz CT molecular complexity index is 927. The van der Waals surface area contributed by atoms with Crippen LogP contribution in [0.15, 0.2) is 42.5 Å². The highest BCUT2D eigenvalue weighted by molar-refractivity contribution is 7.92. The average Bonchev–Trinajstić information content (AvgIpc) is 2.61. The minimum absolute atomic E-state index is 0.175. The number of amides is 1. The zero-order valence-corrected chi connectivity index (χ0v) is 17.5. The van der Waals surface area contributed by atoms with E-state index in [4.69, 9.17) is 0 Å². The van der Waals surface area contributed by atoms with Crippen LogP contribution in [0, 0.1) is 19.7 Å². The molecule has 1 N–H and O–H groups in total. The Morgan fingerprint density at radius 2 is 1.79 bits per heavy atom. The van der Waals surface area contributed by atoms with Crippen molar-refractivity contribution in [1.29, 1.82) is 0 Å². The minimum atomic E-state index is -3.46. The third-order valence-corrected chi connectivity index (χ3v) is 5.94. The number of aryl methyl sites for hydroxylation is 1. The number of anilines is 1. The van der Waals surface area contributed by atoms with E-state index >= 15 is 0 Å². The van der Waals surface area contributed by atoms with E-state index in [-0.39, 0.29) is 30.7 Å². The molecule has 0 bridgehead atoms. The van der Waals surface area contributed by atoms with Gasteiger partial charge in [0.05, 0.1) is 18.0 Å². The molecular formula is C21H27FN2O3S. The van der Waals surface area contributed by atoms with E-state index in [9.17, 15) is 17.6 Å². The fraction of sp³-hybridized carbons (Fsp3) is 0.381. The average molecular weight is 407 g/mol. The number of carbonyl (C=O) groups excluding carboxylic acids is 1. The molecule has 0 heterocycles. The fourth-order valence-electron chi connectivity index (χ4n) is 3.00. The van der Waals surface area contributed by atoms with Gasteiger partial charge in [-0.25, -0.2) is 12.8 Å². The molecule has 2 aromatic rings. The van der Waals surface area contributed by atoms with E-state index in [0.717, 1.165) is 16.7 Å². The maximum absolute atomic E-state index is 13.0. The summed E-state index contributed by atoms with van der Waals surface area (Å²) in [5.74, 6) is -0.499. The maximum atomic E-state index is 13.0. The van der Waals surface area contributed by atoms with Crippen molar-refractivity contribution in [2.75, 3.05) is 17.1 Å².